The topological polar surface area (TPSA) is 29.3 Å². The van der Waals surface area contributed by atoms with Crippen LogP contribution >= 0.6 is 0 Å². The second-order valence-electron chi connectivity index (χ2n) is 3.46. The van der Waals surface area contributed by atoms with Crippen LogP contribution in [0.5, 0.6) is 0 Å². The number of alkyl halides is 3. The molecule has 0 aliphatic carbocycles. The SMILES string of the molecule is CNc1ccc(C)n2cc(C(F)(F)F)nc12. The smallest absolute Gasteiger partial charge is 0.385 e. The van der Waals surface area contributed by atoms with Crippen molar-refractivity contribution in [2.75, 3.05) is 12.4 Å². The van der Waals surface area contributed by atoms with E-state index in [0.717, 1.165) is 6.20 Å². The number of hydrogen-bond donors (Lipinski definition) is 1. The van der Waals surface area contributed by atoms with E-state index in [2.05, 4.69) is 10.3 Å². The van der Waals surface area contributed by atoms with Crippen LogP contribution in [0.4, 0.5) is 18.9 Å². The Balaban J connectivity index is 2.73. The Morgan fingerprint density at radius 3 is 2.56 bits per heavy atom. The number of imidazole rings is 1. The third-order valence-corrected chi connectivity index (χ3v) is 2.38. The minimum atomic E-state index is -4.41. The summed E-state index contributed by atoms with van der Waals surface area (Å²) >= 11 is 0. The largest absolute Gasteiger partial charge is 0.434 e. The molecule has 2 heterocycles. The van der Waals surface area contributed by atoms with Crippen LogP contribution in [0.1, 0.15) is 11.4 Å². The summed E-state index contributed by atoms with van der Waals surface area (Å²) in [5.41, 5.74) is 0.686. The van der Waals surface area contributed by atoms with Crippen LogP contribution in [-0.4, -0.2) is 16.4 Å². The van der Waals surface area contributed by atoms with Gasteiger partial charge in [-0.3, -0.25) is 0 Å². The van der Waals surface area contributed by atoms with E-state index in [9.17, 15) is 13.2 Å². The van der Waals surface area contributed by atoms with Gasteiger partial charge in [0.1, 0.15) is 0 Å². The molecular weight excluding hydrogens is 219 g/mol. The molecule has 2 aromatic rings. The van der Waals surface area contributed by atoms with Gasteiger partial charge in [-0.15, -0.1) is 0 Å². The molecule has 2 rings (SSSR count). The van der Waals surface area contributed by atoms with Crippen LogP contribution in [-0.2, 0) is 6.18 Å². The standard InChI is InChI=1S/C10H10F3N3/c1-6-3-4-7(14-2)9-15-8(5-16(6)9)10(11,12)13/h3-5,14H,1-2H3. The molecule has 1 N–H and O–H groups in total. The first-order valence-electron chi connectivity index (χ1n) is 4.67. The number of nitrogens with zero attached hydrogens (tertiary/aromatic N) is 2. The van der Waals surface area contributed by atoms with Crippen LogP contribution in [0, 0.1) is 6.92 Å². The van der Waals surface area contributed by atoms with Crippen LogP contribution in [0.25, 0.3) is 5.65 Å². The molecule has 16 heavy (non-hydrogen) atoms. The zero-order valence-electron chi connectivity index (χ0n) is 8.76. The number of nitrogens with one attached hydrogen (secondary N) is 1. The summed E-state index contributed by atoms with van der Waals surface area (Å²) in [5, 5.41) is 2.81. The summed E-state index contributed by atoms with van der Waals surface area (Å²) < 4.78 is 38.9. The van der Waals surface area contributed by atoms with Gasteiger partial charge in [-0.2, -0.15) is 13.2 Å². The van der Waals surface area contributed by atoms with E-state index < -0.39 is 11.9 Å². The van der Waals surface area contributed by atoms with Crippen LogP contribution in [0.2, 0.25) is 0 Å². The Labute approximate surface area is 89.9 Å². The zero-order valence-corrected chi connectivity index (χ0v) is 8.76. The van der Waals surface area contributed by atoms with Gasteiger partial charge in [0.25, 0.3) is 0 Å². The van der Waals surface area contributed by atoms with Gasteiger partial charge in [-0.25, -0.2) is 4.98 Å². The number of anilines is 1. The number of aryl methyl sites for hydroxylation is 1. The Morgan fingerprint density at radius 2 is 2.00 bits per heavy atom. The van der Waals surface area contributed by atoms with Gasteiger partial charge in [0.15, 0.2) is 11.3 Å². The number of halogens is 3. The van der Waals surface area contributed by atoms with Gasteiger partial charge >= 0.3 is 6.18 Å². The highest BCUT2D eigenvalue weighted by Crippen LogP contribution is 2.30. The predicted molar refractivity (Wildman–Crippen MR) is 54.5 cm³/mol. The van der Waals surface area contributed by atoms with Crippen molar-refractivity contribution in [2.45, 2.75) is 13.1 Å². The fourth-order valence-corrected chi connectivity index (χ4v) is 1.53. The average molecular weight is 229 g/mol. The number of aromatic nitrogens is 2. The van der Waals surface area contributed by atoms with Gasteiger partial charge < -0.3 is 9.72 Å². The van der Waals surface area contributed by atoms with Crippen LogP contribution in [0.15, 0.2) is 18.3 Å². The highest BCUT2D eigenvalue weighted by Gasteiger charge is 2.34. The van der Waals surface area contributed by atoms with Crippen molar-refractivity contribution in [1.29, 1.82) is 0 Å². The summed E-state index contributed by atoms with van der Waals surface area (Å²) in [6.45, 7) is 1.73. The monoisotopic (exact) mass is 229 g/mol. The summed E-state index contributed by atoms with van der Waals surface area (Å²) in [4.78, 5) is 3.59. The van der Waals surface area contributed by atoms with Gasteiger partial charge in [0.2, 0.25) is 0 Å². The summed E-state index contributed by atoms with van der Waals surface area (Å²) in [6.07, 6.45) is -3.41. The molecule has 0 saturated heterocycles. The van der Waals surface area contributed by atoms with E-state index in [1.54, 1.807) is 26.1 Å². The van der Waals surface area contributed by atoms with E-state index >= 15 is 0 Å². The minimum Gasteiger partial charge on any atom is -0.385 e. The summed E-state index contributed by atoms with van der Waals surface area (Å²) in [6, 6.07) is 3.44. The lowest BCUT2D eigenvalue weighted by atomic mass is 10.3. The molecule has 0 aromatic carbocycles. The lowest BCUT2D eigenvalue weighted by Gasteiger charge is -2.04. The third kappa shape index (κ3) is 1.60. The first kappa shape index (κ1) is 10.8. The quantitative estimate of drug-likeness (QED) is 0.814. The highest BCUT2D eigenvalue weighted by atomic mass is 19.4. The van der Waals surface area contributed by atoms with Gasteiger partial charge in [-0.05, 0) is 19.1 Å². The Kier molecular flexibility index (Phi) is 2.29. The third-order valence-electron chi connectivity index (χ3n) is 2.38. The number of pyridine rings is 1. The molecule has 0 atom stereocenters. The average Bonchev–Trinajstić information content (AvgIpc) is 2.63. The van der Waals surface area contributed by atoms with Crippen molar-refractivity contribution in [3.63, 3.8) is 0 Å². The molecular formula is C10H10F3N3. The molecule has 0 saturated carbocycles. The van der Waals surface area contributed by atoms with Gasteiger partial charge in [0.05, 0.1) is 5.69 Å². The summed E-state index contributed by atoms with van der Waals surface area (Å²) in [5.74, 6) is 0. The molecule has 0 aliphatic rings. The first-order chi connectivity index (χ1) is 7.43. The van der Waals surface area contributed by atoms with Crippen molar-refractivity contribution in [3.8, 4) is 0 Å². The number of fused-ring (bicyclic) bond motifs is 1. The highest BCUT2D eigenvalue weighted by molar-refractivity contribution is 5.68. The van der Waals surface area contributed by atoms with Crippen molar-refractivity contribution >= 4 is 11.3 Å². The Bertz CT molecular complexity index is 528. The number of rotatable bonds is 1. The van der Waals surface area contributed by atoms with E-state index in [-0.39, 0.29) is 5.65 Å². The van der Waals surface area contributed by atoms with Crippen LogP contribution < -0.4 is 5.32 Å². The van der Waals surface area contributed by atoms with Gasteiger partial charge in [-0.1, -0.05) is 0 Å². The molecule has 2 aromatic heterocycles. The molecule has 0 unspecified atom stereocenters. The maximum Gasteiger partial charge on any atom is 0.434 e. The van der Waals surface area contributed by atoms with Crippen molar-refractivity contribution in [2.24, 2.45) is 0 Å². The molecule has 3 nitrogen and oxygen atoms in total. The second kappa shape index (κ2) is 3.40. The lowest BCUT2D eigenvalue weighted by Crippen LogP contribution is -2.04. The molecule has 86 valence electrons. The fourth-order valence-electron chi connectivity index (χ4n) is 1.53. The number of hydrogen-bond acceptors (Lipinski definition) is 2. The van der Waals surface area contributed by atoms with E-state index in [1.165, 1.54) is 4.40 Å². The predicted octanol–water partition coefficient (Wildman–Crippen LogP) is 2.70. The maximum atomic E-state index is 12.5. The Morgan fingerprint density at radius 1 is 1.31 bits per heavy atom. The van der Waals surface area contributed by atoms with Crippen molar-refractivity contribution in [3.05, 3.63) is 29.7 Å². The van der Waals surface area contributed by atoms with E-state index in [0.29, 0.717) is 11.4 Å². The molecule has 0 radical (unpaired) electrons. The molecule has 0 aliphatic heterocycles. The fraction of sp³-hybridized carbons (Fsp3) is 0.300. The van der Waals surface area contributed by atoms with E-state index in [1.807, 2.05) is 0 Å². The van der Waals surface area contributed by atoms with Crippen LogP contribution in [0.3, 0.4) is 0 Å². The zero-order chi connectivity index (χ0) is 11.9. The molecule has 0 spiro atoms. The first-order valence-corrected chi connectivity index (χ1v) is 4.67. The molecule has 0 amide bonds. The second-order valence-corrected chi connectivity index (χ2v) is 3.46. The lowest BCUT2D eigenvalue weighted by molar-refractivity contribution is -0.140. The molecule has 0 fully saturated rings. The Hall–Kier alpha value is -1.72. The molecule has 0 bridgehead atoms. The van der Waals surface area contributed by atoms with E-state index in [4.69, 9.17) is 0 Å². The normalized spacial score (nSPS) is 12.1. The molecule has 6 heteroatoms. The maximum absolute atomic E-state index is 12.5. The van der Waals surface area contributed by atoms with Crippen molar-refractivity contribution < 1.29 is 13.2 Å². The minimum absolute atomic E-state index is 0.287. The summed E-state index contributed by atoms with van der Waals surface area (Å²) in [7, 11) is 1.65. The van der Waals surface area contributed by atoms with Crippen molar-refractivity contribution in [1.82, 2.24) is 9.38 Å². The van der Waals surface area contributed by atoms with Gasteiger partial charge in [0, 0.05) is 18.9 Å².